The van der Waals surface area contributed by atoms with Crippen LogP contribution in [0.1, 0.15) is 31.4 Å². The Bertz CT molecular complexity index is 1350. The van der Waals surface area contributed by atoms with Gasteiger partial charge in [0.15, 0.2) is 17.0 Å². The molecule has 1 aliphatic rings. The summed E-state index contributed by atoms with van der Waals surface area (Å²) in [5.74, 6) is 0.295. The number of nitrogens with one attached hydrogen (secondary N) is 2. The minimum atomic E-state index is -1.10. The molecule has 0 unspecified atom stereocenters. The fraction of sp³-hybridized carbons (Fsp3) is 0.333. The highest BCUT2D eigenvalue weighted by atomic mass is 35.5. The van der Waals surface area contributed by atoms with E-state index in [9.17, 15) is 15.0 Å². The first-order chi connectivity index (χ1) is 16.5. The predicted octanol–water partition coefficient (Wildman–Crippen LogP) is 2.81. The molecule has 4 atom stereocenters. The monoisotopic (exact) mass is 480 g/mol. The van der Waals surface area contributed by atoms with Crippen LogP contribution < -0.4 is 10.6 Å². The van der Waals surface area contributed by atoms with E-state index in [2.05, 4.69) is 49.9 Å². The molecule has 34 heavy (non-hydrogen) atoms. The van der Waals surface area contributed by atoms with Crippen molar-refractivity contribution < 1.29 is 15.0 Å². The van der Waals surface area contributed by atoms with Gasteiger partial charge < -0.3 is 25.4 Å². The molecule has 9 nitrogen and oxygen atoms in total. The number of aliphatic hydroxyl groups excluding tert-OH is 2. The van der Waals surface area contributed by atoms with Crippen molar-refractivity contribution >= 4 is 45.3 Å². The number of aromatic nitrogens is 4. The Morgan fingerprint density at radius 1 is 1.15 bits per heavy atom. The van der Waals surface area contributed by atoms with Crippen molar-refractivity contribution in [2.24, 2.45) is 0 Å². The summed E-state index contributed by atoms with van der Waals surface area (Å²) >= 11 is 6.25. The molecule has 1 saturated carbocycles. The van der Waals surface area contributed by atoms with Crippen LogP contribution in [0.3, 0.4) is 0 Å². The minimum Gasteiger partial charge on any atom is -0.388 e. The standard InChI is InChI=1S/C24H25ClN6O3/c1-2-18(32)28-16-10-17(21(34)20(16)33)31-12-27-19-22(29-24(25)30-23(19)31)26-11-14-8-5-7-13-6-3-4-9-15(13)14/h3-9,12,16-17,20-21,33-34H,2,10-11H2,1H3,(H,28,32)(H,26,29,30)/t16-,17+,20+,21-/m0/s1. The first-order valence-electron chi connectivity index (χ1n) is 11.2. The van der Waals surface area contributed by atoms with Gasteiger partial charge in [-0.3, -0.25) is 4.79 Å². The van der Waals surface area contributed by atoms with Crippen LogP contribution in [0.25, 0.3) is 21.9 Å². The molecular weight excluding hydrogens is 456 g/mol. The Hall–Kier alpha value is -3.27. The normalized spacial score (nSPS) is 22.4. The summed E-state index contributed by atoms with van der Waals surface area (Å²) in [6.07, 6.45) is -0.00446. The van der Waals surface area contributed by atoms with E-state index in [0.29, 0.717) is 36.4 Å². The summed E-state index contributed by atoms with van der Waals surface area (Å²) in [5.41, 5.74) is 2.05. The predicted molar refractivity (Wildman–Crippen MR) is 129 cm³/mol. The summed E-state index contributed by atoms with van der Waals surface area (Å²) in [6, 6.07) is 13.2. The number of anilines is 1. The van der Waals surface area contributed by atoms with Crippen molar-refractivity contribution in [3.63, 3.8) is 0 Å². The second-order valence-electron chi connectivity index (χ2n) is 8.47. The van der Waals surface area contributed by atoms with Crippen molar-refractivity contribution in [1.29, 1.82) is 0 Å². The third kappa shape index (κ3) is 4.06. The van der Waals surface area contributed by atoms with Gasteiger partial charge >= 0.3 is 0 Å². The van der Waals surface area contributed by atoms with Gasteiger partial charge in [0, 0.05) is 13.0 Å². The van der Waals surface area contributed by atoms with Crippen molar-refractivity contribution in [2.75, 3.05) is 5.32 Å². The zero-order valence-electron chi connectivity index (χ0n) is 18.5. The maximum atomic E-state index is 11.8. The Balaban J connectivity index is 1.44. The second-order valence-corrected chi connectivity index (χ2v) is 8.81. The molecule has 2 heterocycles. The van der Waals surface area contributed by atoms with E-state index < -0.39 is 24.3 Å². The first kappa shape index (κ1) is 22.5. The topological polar surface area (TPSA) is 125 Å². The molecule has 10 heteroatoms. The maximum absolute atomic E-state index is 11.8. The number of benzene rings is 2. The zero-order valence-corrected chi connectivity index (χ0v) is 19.3. The fourth-order valence-electron chi connectivity index (χ4n) is 4.62. The van der Waals surface area contributed by atoms with Crippen molar-refractivity contribution in [1.82, 2.24) is 24.8 Å². The molecule has 176 valence electrons. The molecule has 1 amide bonds. The molecule has 4 aromatic rings. The molecule has 0 radical (unpaired) electrons. The highest BCUT2D eigenvalue weighted by Crippen LogP contribution is 2.34. The van der Waals surface area contributed by atoms with Crippen LogP contribution in [0.5, 0.6) is 0 Å². The lowest BCUT2D eigenvalue weighted by Crippen LogP contribution is -2.42. The van der Waals surface area contributed by atoms with Crippen LogP contribution in [0.15, 0.2) is 48.8 Å². The van der Waals surface area contributed by atoms with Crippen LogP contribution in [0, 0.1) is 0 Å². The van der Waals surface area contributed by atoms with Gasteiger partial charge in [-0.2, -0.15) is 9.97 Å². The number of aliphatic hydroxyl groups is 2. The number of amides is 1. The van der Waals surface area contributed by atoms with Gasteiger partial charge in [0.05, 0.1) is 18.4 Å². The van der Waals surface area contributed by atoms with Gasteiger partial charge in [-0.15, -0.1) is 0 Å². The summed E-state index contributed by atoms with van der Waals surface area (Å²) < 4.78 is 1.69. The zero-order chi connectivity index (χ0) is 23.8. The summed E-state index contributed by atoms with van der Waals surface area (Å²) in [6.45, 7) is 2.24. The molecule has 1 fully saturated rings. The number of halogens is 1. The van der Waals surface area contributed by atoms with E-state index in [1.165, 1.54) is 0 Å². The van der Waals surface area contributed by atoms with E-state index in [1.54, 1.807) is 17.8 Å². The lowest BCUT2D eigenvalue weighted by Gasteiger charge is -2.18. The number of carbonyl (C=O) groups excluding carboxylic acids is 1. The SMILES string of the molecule is CCC(=O)N[C@H]1C[C@@H](n2cnc3c(NCc4cccc5ccccc45)nc(Cl)nc32)[C@H](O)[C@@H]1O. The Kier molecular flexibility index (Phi) is 6.07. The lowest BCUT2D eigenvalue weighted by atomic mass is 10.0. The van der Waals surface area contributed by atoms with Crippen LogP contribution in [0.4, 0.5) is 5.82 Å². The number of rotatable bonds is 6. The van der Waals surface area contributed by atoms with Gasteiger partial charge in [-0.25, -0.2) is 4.98 Å². The molecular formula is C24H25ClN6O3. The molecule has 0 aliphatic heterocycles. The van der Waals surface area contributed by atoms with E-state index in [4.69, 9.17) is 11.6 Å². The van der Waals surface area contributed by atoms with Crippen LogP contribution >= 0.6 is 11.6 Å². The van der Waals surface area contributed by atoms with Gasteiger partial charge in [0.2, 0.25) is 11.2 Å². The van der Waals surface area contributed by atoms with E-state index >= 15 is 0 Å². The number of hydrogen-bond donors (Lipinski definition) is 4. The van der Waals surface area contributed by atoms with Crippen molar-refractivity contribution in [3.8, 4) is 0 Å². The molecule has 1 aliphatic carbocycles. The first-order valence-corrected chi connectivity index (χ1v) is 11.6. The average Bonchev–Trinajstić information content (AvgIpc) is 3.38. The third-order valence-electron chi connectivity index (χ3n) is 6.40. The third-order valence-corrected chi connectivity index (χ3v) is 6.57. The highest BCUT2D eigenvalue weighted by Gasteiger charge is 2.43. The lowest BCUT2D eigenvalue weighted by molar-refractivity contribution is -0.122. The molecule has 2 aromatic heterocycles. The second kappa shape index (κ2) is 9.17. The minimum absolute atomic E-state index is 0.0403. The Morgan fingerprint density at radius 3 is 2.76 bits per heavy atom. The molecule has 4 N–H and O–H groups in total. The summed E-state index contributed by atoms with van der Waals surface area (Å²) in [5, 5.41) is 29.6. The number of nitrogens with zero attached hydrogens (tertiary/aromatic N) is 4. The van der Waals surface area contributed by atoms with Gasteiger partial charge in [-0.1, -0.05) is 49.4 Å². The number of carbonyl (C=O) groups is 1. The van der Waals surface area contributed by atoms with E-state index in [-0.39, 0.29) is 11.2 Å². The van der Waals surface area contributed by atoms with Gasteiger partial charge in [-0.05, 0) is 34.4 Å². The van der Waals surface area contributed by atoms with Crippen LogP contribution in [-0.4, -0.2) is 53.9 Å². The smallest absolute Gasteiger partial charge is 0.226 e. The maximum Gasteiger partial charge on any atom is 0.226 e. The van der Waals surface area contributed by atoms with Crippen LogP contribution in [-0.2, 0) is 11.3 Å². The molecule has 0 saturated heterocycles. The van der Waals surface area contributed by atoms with E-state index in [1.807, 2.05) is 18.2 Å². The quantitative estimate of drug-likeness (QED) is 0.313. The van der Waals surface area contributed by atoms with Crippen molar-refractivity contribution in [2.45, 2.75) is 50.6 Å². The molecule has 5 rings (SSSR count). The number of fused-ring (bicyclic) bond motifs is 2. The van der Waals surface area contributed by atoms with Crippen molar-refractivity contribution in [3.05, 3.63) is 59.6 Å². The highest BCUT2D eigenvalue weighted by molar-refractivity contribution is 6.28. The Labute approximate surface area is 200 Å². The van der Waals surface area contributed by atoms with E-state index in [0.717, 1.165) is 16.3 Å². The number of hydrogen-bond acceptors (Lipinski definition) is 7. The number of imidazole rings is 1. The molecule has 0 spiro atoms. The van der Waals surface area contributed by atoms with Crippen LogP contribution in [0.2, 0.25) is 5.28 Å². The Morgan fingerprint density at radius 2 is 1.94 bits per heavy atom. The average molecular weight is 481 g/mol. The van der Waals surface area contributed by atoms with Gasteiger partial charge in [0.25, 0.3) is 0 Å². The molecule has 0 bridgehead atoms. The fourth-order valence-corrected chi connectivity index (χ4v) is 4.78. The largest absolute Gasteiger partial charge is 0.388 e. The van der Waals surface area contributed by atoms with Gasteiger partial charge in [0.1, 0.15) is 12.2 Å². The summed E-state index contributed by atoms with van der Waals surface area (Å²) in [4.78, 5) is 25.0. The summed E-state index contributed by atoms with van der Waals surface area (Å²) in [7, 11) is 0. The molecule has 2 aromatic carbocycles.